The van der Waals surface area contributed by atoms with Gasteiger partial charge in [-0.2, -0.15) is 0 Å². The minimum absolute atomic E-state index is 0.357. The van der Waals surface area contributed by atoms with Crippen LogP contribution in [0.5, 0.6) is 0 Å². The van der Waals surface area contributed by atoms with Gasteiger partial charge in [0.05, 0.1) is 26.9 Å². The molecule has 3 aromatic heterocycles. The van der Waals surface area contributed by atoms with E-state index in [2.05, 4.69) is 123 Å². The van der Waals surface area contributed by atoms with Crippen molar-refractivity contribution in [2.24, 2.45) is 0 Å². The highest BCUT2D eigenvalue weighted by Gasteiger charge is 2.51. The fourth-order valence-electron chi connectivity index (χ4n) is 5.86. The summed E-state index contributed by atoms with van der Waals surface area (Å²) in [6, 6.07) is 30.4. The molecule has 0 radical (unpaired) electrons. The first kappa shape index (κ1) is 23.2. The molecule has 0 aliphatic carbocycles. The Labute approximate surface area is 230 Å². The van der Waals surface area contributed by atoms with Gasteiger partial charge in [-0.15, -0.1) is 11.3 Å². The van der Waals surface area contributed by atoms with E-state index in [9.17, 15) is 0 Å². The third-order valence-electron chi connectivity index (χ3n) is 8.67. The average Bonchev–Trinajstić information content (AvgIpc) is 3.57. The third-order valence-corrected chi connectivity index (χ3v) is 9.84. The van der Waals surface area contributed by atoms with Gasteiger partial charge in [-0.05, 0) is 79.3 Å². The molecule has 1 aliphatic rings. The molecule has 0 N–H and O–H groups in total. The maximum Gasteiger partial charge on any atom is 0.494 e. The highest BCUT2D eigenvalue weighted by molar-refractivity contribution is 7.26. The van der Waals surface area contributed by atoms with Crippen molar-refractivity contribution in [2.75, 3.05) is 0 Å². The maximum absolute atomic E-state index is 6.29. The molecule has 6 heteroatoms. The zero-order chi connectivity index (χ0) is 26.5. The minimum Gasteiger partial charge on any atom is -0.399 e. The van der Waals surface area contributed by atoms with Crippen molar-refractivity contribution >= 4 is 71.5 Å². The number of aromatic nitrogens is 2. The lowest BCUT2D eigenvalue weighted by molar-refractivity contribution is 0.00578. The normalized spacial score (nSPS) is 16.9. The van der Waals surface area contributed by atoms with Crippen molar-refractivity contribution in [1.29, 1.82) is 0 Å². The molecule has 1 aliphatic heterocycles. The Morgan fingerprint density at radius 2 is 1.54 bits per heavy atom. The Morgan fingerprint density at radius 1 is 0.769 bits per heavy atom. The summed E-state index contributed by atoms with van der Waals surface area (Å²) < 4.78 is 17.3. The summed E-state index contributed by atoms with van der Waals surface area (Å²) in [4.78, 5) is 5.02. The number of benzene rings is 4. The molecule has 190 valence electrons. The van der Waals surface area contributed by atoms with E-state index in [1.54, 1.807) is 0 Å². The van der Waals surface area contributed by atoms with Crippen LogP contribution in [0, 0.1) is 0 Å². The van der Waals surface area contributed by atoms with Gasteiger partial charge >= 0.3 is 7.12 Å². The quantitative estimate of drug-likeness (QED) is 0.214. The van der Waals surface area contributed by atoms with Crippen LogP contribution in [0.2, 0.25) is 0 Å². The molecule has 4 heterocycles. The first-order valence-corrected chi connectivity index (χ1v) is 14.2. The average molecular weight is 526 g/mol. The topological polar surface area (TPSA) is 35.8 Å². The van der Waals surface area contributed by atoms with Gasteiger partial charge in [0.15, 0.2) is 5.65 Å². The predicted molar refractivity (Wildman–Crippen MR) is 164 cm³/mol. The molecule has 1 fully saturated rings. The highest BCUT2D eigenvalue weighted by atomic mass is 32.1. The van der Waals surface area contributed by atoms with Gasteiger partial charge in [-0.1, -0.05) is 60.7 Å². The standard InChI is InChI=1S/C33H27BN2O2S/c1-32(2)33(3,4)38-34(37-32)22-15-12-20(13-16-22)23-9-7-8-21-14-17-27-29(28(21)23)24-18-19-36-26-11-6-5-10-25(26)35-31(36)30(24)39-27/h5-19H,1-4H3. The monoisotopic (exact) mass is 526 g/mol. The van der Waals surface area contributed by atoms with Crippen LogP contribution in [0.4, 0.5) is 0 Å². The number of rotatable bonds is 2. The number of hydrogen-bond acceptors (Lipinski definition) is 4. The molecule has 0 bridgehead atoms. The molecular formula is C33H27BN2O2S. The minimum atomic E-state index is -0.364. The summed E-state index contributed by atoms with van der Waals surface area (Å²) in [6.07, 6.45) is 2.17. The predicted octanol–water partition coefficient (Wildman–Crippen LogP) is 7.97. The molecule has 0 amide bonds. The molecule has 7 aromatic rings. The number of imidazole rings is 1. The van der Waals surface area contributed by atoms with Crippen molar-refractivity contribution in [2.45, 2.75) is 38.9 Å². The van der Waals surface area contributed by atoms with Crippen LogP contribution in [0.1, 0.15) is 27.7 Å². The van der Waals surface area contributed by atoms with Crippen LogP contribution < -0.4 is 5.46 Å². The Balaban J connectivity index is 1.32. The number of hydrogen-bond donors (Lipinski definition) is 0. The first-order valence-electron chi connectivity index (χ1n) is 13.4. The lowest BCUT2D eigenvalue weighted by Crippen LogP contribution is -2.41. The van der Waals surface area contributed by atoms with E-state index in [0.29, 0.717) is 0 Å². The van der Waals surface area contributed by atoms with Crippen molar-refractivity contribution in [3.8, 4) is 11.1 Å². The molecule has 0 saturated carbocycles. The number of para-hydroxylation sites is 2. The zero-order valence-corrected chi connectivity index (χ0v) is 23.2. The van der Waals surface area contributed by atoms with Crippen LogP contribution in [0.25, 0.3) is 58.8 Å². The van der Waals surface area contributed by atoms with Crippen molar-refractivity contribution < 1.29 is 9.31 Å². The summed E-state index contributed by atoms with van der Waals surface area (Å²) in [5.41, 5.74) is 5.92. The van der Waals surface area contributed by atoms with E-state index < -0.39 is 0 Å². The van der Waals surface area contributed by atoms with Gasteiger partial charge in [0.25, 0.3) is 0 Å². The van der Waals surface area contributed by atoms with E-state index in [4.69, 9.17) is 14.3 Å². The lowest BCUT2D eigenvalue weighted by Gasteiger charge is -2.32. The smallest absolute Gasteiger partial charge is 0.399 e. The van der Waals surface area contributed by atoms with Gasteiger partial charge in [0.2, 0.25) is 0 Å². The van der Waals surface area contributed by atoms with Gasteiger partial charge in [0, 0.05) is 21.7 Å². The second-order valence-electron chi connectivity index (χ2n) is 11.5. The molecule has 0 unspecified atom stereocenters. The Morgan fingerprint density at radius 3 is 2.33 bits per heavy atom. The van der Waals surface area contributed by atoms with E-state index in [0.717, 1.165) is 22.1 Å². The molecule has 4 aromatic carbocycles. The second-order valence-corrected chi connectivity index (χ2v) is 12.6. The summed E-state index contributed by atoms with van der Waals surface area (Å²) in [5, 5.41) is 5.07. The van der Waals surface area contributed by atoms with Crippen molar-refractivity contribution in [1.82, 2.24) is 9.38 Å². The van der Waals surface area contributed by atoms with Gasteiger partial charge < -0.3 is 9.31 Å². The van der Waals surface area contributed by atoms with Crippen LogP contribution in [0.15, 0.2) is 91.1 Å². The summed E-state index contributed by atoms with van der Waals surface area (Å²) in [6.45, 7) is 8.36. The van der Waals surface area contributed by atoms with Crippen molar-refractivity contribution in [3.63, 3.8) is 0 Å². The highest BCUT2D eigenvalue weighted by Crippen LogP contribution is 2.44. The SMILES string of the molecule is CC1(C)OB(c2ccc(-c3cccc4ccc5sc6c(ccn7c8ccccc8nc67)c5c34)cc2)OC1(C)C. The Hall–Kier alpha value is -3.71. The largest absolute Gasteiger partial charge is 0.494 e. The van der Waals surface area contributed by atoms with Crippen molar-refractivity contribution in [3.05, 3.63) is 91.1 Å². The number of nitrogens with zero attached hydrogens (tertiary/aromatic N) is 2. The second kappa shape index (κ2) is 7.92. The molecule has 1 saturated heterocycles. The fourth-order valence-corrected chi connectivity index (χ4v) is 7.05. The summed E-state index contributed by atoms with van der Waals surface area (Å²) >= 11 is 1.83. The van der Waals surface area contributed by atoms with Crippen LogP contribution in [0.3, 0.4) is 0 Å². The maximum atomic E-state index is 6.29. The Kier molecular flexibility index (Phi) is 4.71. The van der Waals surface area contributed by atoms with Crippen LogP contribution >= 0.6 is 11.3 Å². The molecule has 4 nitrogen and oxygen atoms in total. The zero-order valence-electron chi connectivity index (χ0n) is 22.4. The number of thiophene rings is 1. The third kappa shape index (κ3) is 3.29. The van der Waals surface area contributed by atoms with E-state index >= 15 is 0 Å². The van der Waals surface area contributed by atoms with E-state index in [-0.39, 0.29) is 18.3 Å². The molecule has 0 spiro atoms. The fraction of sp³-hybridized carbons (Fsp3) is 0.182. The van der Waals surface area contributed by atoms with Crippen LogP contribution in [-0.2, 0) is 9.31 Å². The number of pyridine rings is 1. The van der Waals surface area contributed by atoms with Gasteiger partial charge in [0.1, 0.15) is 0 Å². The van der Waals surface area contributed by atoms with E-state index in [1.165, 1.54) is 42.1 Å². The molecule has 8 rings (SSSR count). The van der Waals surface area contributed by atoms with Crippen LogP contribution in [-0.4, -0.2) is 27.7 Å². The molecule has 39 heavy (non-hydrogen) atoms. The first-order chi connectivity index (χ1) is 18.8. The molecule has 0 atom stereocenters. The van der Waals surface area contributed by atoms with Gasteiger partial charge in [-0.25, -0.2) is 4.98 Å². The van der Waals surface area contributed by atoms with E-state index in [1.807, 2.05) is 11.3 Å². The van der Waals surface area contributed by atoms with Gasteiger partial charge in [-0.3, -0.25) is 4.40 Å². The number of fused-ring (bicyclic) bond motifs is 9. The summed E-state index contributed by atoms with van der Waals surface area (Å²) in [5.74, 6) is 0. The lowest BCUT2D eigenvalue weighted by atomic mass is 9.78. The summed E-state index contributed by atoms with van der Waals surface area (Å²) in [7, 11) is -0.364. The Bertz CT molecular complexity index is 2070. The molecular weight excluding hydrogens is 499 g/mol.